The Morgan fingerprint density at radius 1 is 1.11 bits per heavy atom. The van der Waals surface area contributed by atoms with Gasteiger partial charge in [0.15, 0.2) is 0 Å². The lowest BCUT2D eigenvalue weighted by Crippen LogP contribution is -2.40. The van der Waals surface area contributed by atoms with Crippen molar-refractivity contribution in [2.45, 2.75) is 25.8 Å². The number of anilines is 1. The topological polar surface area (TPSA) is 67.9 Å². The van der Waals surface area contributed by atoms with Gasteiger partial charge in [0.1, 0.15) is 11.5 Å². The van der Waals surface area contributed by atoms with Gasteiger partial charge in [-0.25, -0.2) is 0 Å². The standard InChI is InChI=1S/C21H24N2O4/c1-14(24)23-9-8-15-6-4-5-7-19(15)20(23)13-21(25)22-16-10-17(26-2)12-18(11-16)27-3/h4-7,10-12,20H,8-9,13H2,1-3H3,(H,22,25). The quantitative estimate of drug-likeness (QED) is 0.880. The molecular weight excluding hydrogens is 344 g/mol. The Labute approximate surface area is 159 Å². The van der Waals surface area contributed by atoms with Gasteiger partial charge in [0, 0.05) is 37.4 Å². The lowest BCUT2D eigenvalue weighted by molar-refractivity contribution is -0.132. The smallest absolute Gasteiger partial charge is 0.226 e. The summed E-state index contributed by atoms with van der Waals surface area (Å²) < 4.78 is 10.5. The zero-order chi connectivity index (χ0) is 19.4. The van der Waals surface area contributed by atoms with E-state index in [-0.39, 0.29) is 24.3 Å². The van der Waals surface area contributed by atoms with E-state index in [1.807, 2.05) is 18.2 Å². The second kappa shape index (κ2) is 8.12. The summed E-state index contributed by atoms with van der Waals surface area (Å²) in [7, 11) is 3.12. The van der Waals surface area contributed by atoms with Crippen LogP contribution in [0.2, 0.25) is 0 Å². The fourth-order valence-corrected chi connectivity index (χ4v) is 3.52. The Morgan fingerprint density at radius 3 is 2.41 bits per heavy atom. The van der Waals surface area contributed by atoms with Gasteiger partial charge in [0.25, 0.3) is 0 Å². The predicted molar refractivity (Wildman–Crippen MR) is 103 cm³/mol. The highest BCUT2D eigenvalue weighted by molar-refractivity contribution is 5.92. The highest BCUT2D eigenvalue weighted by Gasteiger charge is 2.30. The minimum Gasteiger partial charge on any atom is -0.497 e. The number of hydrogen-bond acceptors (Lipinski definition) is 4. The van der Waals surface area contributed by atoms with Crippen molar-refractivity contribution in [2.24, 2.45) is 0 Å². The van der Waals surface area contributed by atoms with E-state index in [1.54, 1.807) is 44.2 Å². The van der Waals surface area contributed by atoms with Crippen LogP contribution in [0.4, 0.5) is 5.69 Å². The monoisotopic (exact) mass is 368 g/mol. The third-order valence-corrected chi connectivity index (χ3v) is 4.83. The van der Waals surface area contributed by atoms with Gasteiger partial charge in [-0.3, -0.25) is 9.59 Å². The molecule has 0 bridgehead atoms. The number of rotatable bonds is 5. The second-order valence-corrected chi connectivity index (χ2v) is 6.53. The molecule has 0 saturated carbocycles. The maximum absolute atomic E-state index is 12.7. The molecule has 2 amide bonds. The molecule has 1 N–H and O–H groups in total. The van der Waals surface area contributed by atoms with Crippen molar-refractivity contribution in [3.8, 4) is 11.5 Å². The first kappa shape index (κ1) is 18.8. The first-order chi connectivity index (χ1) is 13.0. The van der Waals surface area contributed by atoms with Crippen LogP contribution in [0.5, 0.6) is 11.5 Å². The molecule has 1 unspecified atom stereocenters. The number of fused-ring (bicyclic) bond motifs is 1. The minimum absolute atomic E-state index is 0.0228. The molecule has 1 aliphatic heterocycles. The summed E-state index contributed by atoms with van der Waals surface area (Å²) in [6.07, 6.45) is 0.997. The number of amides is 2. The van der Waals surface area contributed by atoms with Crippen LogP contribution in [0.15, 0.2) is 42.5 Å². The maximum atomic E-state index is 12.7. The van der Waals surface area contributed by atoms with Crippen LogP contribution in [0.1, 0.15) is 30.5 Å². The molecule has 142 valence electrons. The Hall–Kier alpha value is -3.02. The third kappa shape index (κ3) is 4.22. The van der Waals surface area contributed by atoms with Crippen LogP contribution in [0.3, 0.4) is 0 Å². The van der Waals surface area contributed by atoms with E-state index in [4.69, 9.17) is 9.47 Å². The number of benzene rings is 2. The number of carbonyl (C=O) groups is 2. The number of ether oxygens (including phenoxy) is 2. The van der Waals surface area contributed by atoms with Gasteiger partial charge in [0.05, 0.1) is 26.7 Å². The van der Waals surface area contributed by atoms with Gasteiger partial charge in [-0.05, 0) is 17.5 Å². The zero-order valence-corrected chi connectivity index (χ0v) is 15.8. The van der Waals surface area contributed by atoms with Crippen molar-refractivity contribution in [1.82, 2.24) is 4.90 Å². The van der Waals surface area contributed by atoms with Crippen molar-refractivity contribution >= 4 is 17.5 Å². The molecule has 2 aromatic carbocycles. The Balaban J connectivity index is 1.81. The van der Waals surface area contributed by atoms with Crippen LogP contribution in [0.25, 0.3) is 0 Å². The first-order valence-corrected chi connectivity index (χ1v) is 8.89. The van der Waals surface area contributed by atoms with Crippen LogP contribution >= 0.6 is 0 Å². The SMILES string of the molecule is COc1cc(NC(=O)CC2c3ccccc3CCN2C(C)=O)cc(OC)c1. The van der Waals surface area contributed by atoms with E-state index in [9.17, 15) is 9.59 Å². The van der Waals surface area contributed by atoms with Crippen molar-refractivity contribution in [3.05, 3.63) is 53.6 Å². The number of nitrogens with one attached hydrogen (secondary N) is 1. The molecule has 1 atom stereocenters. The van der Waals surface area contributed by atoms with Gasteiger partial charge in [-0.1, -0.05) is 24.3 Å². The van der Waals surface area contributed by atoms with E-state index in [2.05, 4.69) is 11.4 Å². The summed E-state index contributed by atoms with van der Waals surface area (Å²) in [6.45, 7) is 2.17. The van der Waals surface area contributed by atoms with Crippen LogP contribution in [0, 0.1) is 0 Å². The summed E-state index contributed by atoms with van der Waals surface area (Å²) >= 11 is 0. The molecule has 6 nitrogen and oxygen atoms in total. The molecule has 2 aromatic rings. The molecule has 0 fully saturated rings. The Kier molecular flexibility index (Phi) is 5.64. The first-order valence-electron chi connectivity index (χ1n) is 8.89. The lowest BCUT2D eigenvalue weighted by Gasteiger charge is -2.36. The lowest BCUT2D eigenvalue weighted by atomic mass is 9.90. The summed E-state index contributed by atoms with van der Waals surface area (Å²) in [5.41, 5.74) is 2.82. The van der Waals surface area contributed by atoms with Crippen molar-refractivity contribution in [1.29, 1.82) is 0 Å². The summed E-state index contributed by atoms with van der Waals surface area (Å²) in [5.74, 6) is 1.000. The molecule has 3 rings (SSSR count). The summed E-state index contributed by atoms with van der Waals surface area (Å²) in [5, 5.41) is 2.89. The third-order valence-electron chi connectivity index (χ3n) is 4.83. The Morgan fingerprint density at radius 2 is 1.78 bits per heavy atom. The number of hydrogen-bond donors (Lipinski definition) is 1. The number of methoxy groups -OCH3 is 2. The average molecular weight is 368 g/mol. The molecule has 1 heterocycles. The molecule has 27 heavy (non-hydrogen) atoms. The fraction of sp³-hybridized carbons (Fsp3) is 0.333. The molecule has 0 saturated heterocycles. The normalized spacial score (nSPS) is 15.7. The summed E-state index contributed by atoms with van der Waals surface area (Å²) in [6, 6.07) is 12.9. The second-order valence-electron chi connectivity index (χ2n) is 6.53. The van der Waals surface area contributed by atoms with Crippen molar-refractivity contribution < 1.29 is 19.1 Å². The largest absolute Gasteiger partial charge is 0.497 e. The fourth-order valence-electron chi connectivity index (χ4n) is 3.52. The van der Waals surface area contributed by atoms with E-state index in [0.717, 1.165) is 12.0 Å². The highest BCUT2D eigenvalue weighted by atomic mass is 16.5. The minimum atomic E-state index is -0.264. The predicted octanol–water partition coefficient (Wildman–Crippen LogP) is 3.18. The molecule has 6 heteroatoms. The van der Waals surface area contributed by atoms with Crippen LogP contribution in [-0.4, -0.2) is 37.5 Å². The number of nitrogens with zero attached hydrogens (tertiary/aromatic N) is 1. The van der Waals surface area contributed by atoms with E-state index in [0.29, 0.717) is 23.7 Å². The Bertz CT molecular complexity index is 828. The molecule has 0 aromatic heterocycles. The van der Waals surface area contributed by atoms with E-state index >= 15 is 0 Å². The van der Waals surface area contributed by atoms with Gasteiger partial charge >= 0.3 is 0 Å². The van der Waals surface area contributed by atoms with E-state index in [1.165, 1.54) is 5.56 Å². The van der Waals surface area contributed by atoms with Gasteiger partial charge in [-0.2, -0.15) is 0 Å². The molecule has 0 aliphatic carbocycles. The summed E-state index contributed by atoms with van der Waals surface area (Å²) in [4.78, 5) is 26.6. The highest BCUT2D eigenvalue weighted by Crippen LogP contribution is 2.33. The van der Waals surface area contributed by atoms with Crippen LogP contribution < -0.4 is 14.8 Å². The maximum Gasteiger partial charge on any atom is 0.226 e. The molecular formula is C21H24N2O4. The molecule has 1 aliphatic rings. The molecule has 0 spiro atoms. The average Bonchev–Trinajstić information content (AvgIpc) is 2.67. The molecule has 0 radical (unpaired) electrons. The van der Waals surface area contributed by atoms with Crippen LogP contribution in [-0.2, 0) is 16.0 Å². The van der Waals surface area contributed by atoms with Gasteiger partial charge in [-0.15, -0.1) is 0 Å². The van der Waals surface area contributed by atoms with Crippen molar-refractivity contribution in [3.63, 3.8) is 0 Å². The van der Waals surface area contributed by atoms with E-state index < -0.39 is 0 Å². The van der Waals surface area contributed by atoms with Crippen molar-refractivity contribution in [2.75, 3.05) is 26.1 Å². The van der Waals surface area contributed by atoms with Gasteiger partial charge < -0.3 is 19.7 Å². The zero-order valence-electron chi connectivity index (χ0n) is 15.8. The van der Waals surface area contributed by atoms with Gasteiger partial charge in [0.2, 0.25) is 11.8 Å². The number of carbonyl (C=O) groups excluding carboxylic acids is 2.